The highest BCUT2D eigenvalue weighted by molar-refractivity contribution is 14.1. The zero-order chi connectivity index (χ0) is 13.4. The maximum Gasteiger partial charge on any atom is 0.209 e. The van der Waals surface area contributed by atoms with Gasteiger partial charge in [-0.15, -0.1) is 0 Å². The molecule has 0 aliphatic carbocycles. The highest BCUT2D eigenvalue weighted by Gasteiger charge is 2.20. The van der Waals surface area contributed by atoms with Gasteiger partial charge in [0, 0.05) is 11.1 Å². The van der Waals surface area contributed by atoms with Gasteiger partial charge in [0.05, 0.1) is 17.8 Å². The molecule has 0 saturated heterocycles. The molecule has 18 heavy (non-hydrogen) atoms. The fourth-order valence-corrected chi connectivity index (χ4v) is 2.56. The van der Waals surface area contributed by atoms with Gasteiger partial charge in [0.25, 0.3) is 0 Å². The molecule has 0 saturated carbocycles. The van der Waals surface area contributed by atoms with Gasteiger partial charge < -0.3 is 13.9 Å². The first kappa shape index (κ1) is 13.2. The van der Waals surface area contributed by atoms with Crippen LogP contribution in [0.5, 0.6) is 11.5 Å². The summed E-state index contributed by atoms with van der Waals surface area (Å²) in [5, 5.41) is 0.472. The number of rotatable bonds is 2. The van der Waals surface area contributed by atoms with E-state index in [1.807, 2.05) is 36.4 Å². The number of aryl methyl sites for hydroxylation is 1. The number of ether oxygens (including phenoxy) is 2. The Bertz CT molecular complexity index is 673. The number of hydrogen-bond donors (Lipinski definition) is 0. The molecule has 1 heterocycles. The molecule has 4 nitrogen and oxygen atoms in total. The molecule has 2 aromatic rings. The third kappa shape index (κ3) is 1.77. The summed E-state index contributed by atoms with van der Waals surface area (Å²) in [6.07, 6.45) is 1.45. The first-order chi connectivity index (χ1) is 8.52. The average molecular weight is 360 g/mol. The highest BCUT2D eigenvalue weighted by Crippen LogP contribution is 2.38. The predicted octanol–water partition coefficient (Wildman–Crippen LogP) is 3.03. The Balaban J connectivity index is 3.09. The number of benzene rings is 1. The van der Waals surface area contributed by atoms with Crippen LogP contribution in [0, 0.1) is 17.4 Å². The van der Waals surface area contributed by atoms with Crippen molar-refractivity contribution in [3.63, 3.8) is 0 Å². The van der Waals surface area contributed by atoms with E-state index in [-0.39, 0.29) is 5.43 Å². The second-order valence-electron chi connectivity index (χ2n) is 3.93. The lowest BCUT2D eigenvalue weighted by molar-refractivity contribution is 0.388. The predicted molar refractivity (Wildman–Crippen MR) is 77.8 cm³/mol. The molecular formula is C13H13IO4. The van der Waals surface area contributed by atoms with Crippen molar-refractivity contribution in [2.24, 2.45) is 0 Å². The molecule has 0 atom stereocenters. The Morgan fingerprint density at radius 3 is 2.28 bits per heavy atom. The average Bonchev–Trinajstić information content (AvgIpc) is 2.35. The van der Waals surface area contributed by atoms with E-state index < -0.39 is 0 Å². The van der Waals surface area contributed by atoms with E-state index >= 15 is 0 Å². The van der Waals surface area contributed by atoms with Gasteiger partial charge >= 0.3 is 0 Å². The van der Waals surface area contributed by atoms with E-state index in [9.17, 15) is 4.79 Å². The number of fused-ring (bicyclic) bond motifs is 1. The third-order valence-electron chi connectivity index (χ3n) is 2.95. The van der Waals surface area contributed by atoms with Crippen molar-refractivity contribution in [2.75, 3.05) is 14.2 Å². The van der Waals surface area contributed by atoms with E-state index in [0.29, 0.717) is 26.0 Å². The van der Waals surface area contributed by atoms with Crippen LogP contribution in [0.2, 0.25) is 0 Å². The Kier molecular flexibility index (Phi) is 3.52. The van der Waals surface area contributed by atoms with Gasteiger partial charge in [0.15, 0.2) is 0 Å². The lowest BCUT2D eigenvalue weighted by atomic mass is 10.0. The largest absolute Gasteiger partial charge is 0.496 e. The topological polar surface area (TPSA) is 48.7 Å². The number of hydrogen-bond acceptors (Lipinski definition) is 4. The Morgan fingerprint density at radius 2 is 1.72 bits per heavy atom. The van der Waals surface area contributed by atoms with Crippen molar-refractivity contribution < 1.29 is 13.9 Å². The summed E-state index contributed by atoms with van der Waals surface area (Å²) in [4.78, 5) is 12.2. The molecule has 0 amide bonds. The van der Waals surface area contributed by atoms with Crippen LogP contribution >= 0.6 is 22.6 Å². The molecule has 5 heteroatoms. The van der Waals surface area contributed by atoms with Crippen LogP contribution in [0.3, 0.4) is 0 Å². The van der Waals surface area contributed by atoms with Crippen LogP contribution < -0.4 is 14.9 Å². The van der Waals surface area contributed by atoms with Gasteiger partial charge in [-0.25, -0.2) is 0 Å². The van der Waals surface area contributed by atoms with E-state index in [4.69, 9.17) is 13.9 Å². The minimum Gasteiger partial charge on any atom is -0.496 e. The van der Waals surface area contributed by atoms with Crippen LogP contribution in [0.4, 0.5) is 0 Å². The van der Waals surface area contributed by atoms with Crippen molar-refractivity contribution in [2.45, 2.75) is 13.8 Å². The molecule has 0 aliphatic rings. The quantitative estimate of drug-likeness (QED) is 0.773. The molecule has 0 radical (unpaired) electrons. The zero-order valence-electron chi connectivity index (χ0n) is 10.6. The van der Waals surface area contributed by atoms with E-state index in [0.717, 1.165) is 11.1 Å². The monoisotopic (exact) mass is 360 g/mol. The van der Waals surface area contributed by atoms with E-state index in [1.165, 1.54) is 13.4 Å². The molecule has 0 N–H and O–H groups in total. The summed E-state index contributed by atoms with van der Waals surface area (Å²) in [5.41, 5.74) is 2.04. The normalized spacial score (nSPS) is 10.7. The fraction of sp³-hybridized carbons (Fsp3) is 0.308. The number of halogens is 1. The van der Waals surface area contributed by atoms with Crippen LogP contribution in [-0.4, -0.2) is 14.2 Å². The minimum atomic E-state index is -0.0810. The maximum absolute atomic E-state index is 12.2. The summed E-state index contributed by atoms with van der Waals surface area (Å²) < 4.78 is 16.8. The molecule has 0 fully saturated rings. The van der Waals surface area contributed by atoms with E-state index in [1.54, 1.807) is 7.11 Å². The lowest BCUT2D eigenvalue weighted by Crippen LogP contribution is -2.09. The zero-order valence-corrected chi connectivity index (χ0v) is 12.7. The molecule has 0 bridgehead atoms. The van der Waals surface area contributed by atoms with Crippen LogP contribution in [0.1, 0.15) is 11.1 Å². The van der Waals surface area contributed by atoms with Gasteiger partial charge in [0.2, 0.25) is 5.43 Å². The first-order valence-electron chi connectivity index (χ1n) is 5.35. The second kappa shape index (κ2) is 4.79. The van der Waals surface area contributed by atoms with Crippen LogP contribution in [0.25, 0.3) is 11.0 Å². The lowest BCUT2D eigenvalue weighted by Gasteiger charge is -2.15. The van der Waals surface area contributed by atoms with Crippen LogP contribution in [0.15, 0.2) is 15.5 Å². The minimum absolute atomic E-state index is 0.0810. The Morgan fingerprint density at radius 1 is 1.11 bits per heavy atom. The molecule has 96 valence electrons. The summed E-state index contributed by atoms with van der Waals surface area (Å²) >= 11 is 1.95. The van der Waals surface area contributed by atoms with Gasteiger partial charge in [-0.3, -0.25) is 4.79 Å². The fourth-order valence-electron chi connectivity index (χ4n) is 2.16. The summed E-state index contributed by atoms with van der Waals surface area (Å²) in [5.74, 6) is 1.20. The van der Waals surface area contributed by atoms with Gasteiger partial charge in [0.1, 0.15) is 28.7 Å². The summed E-state index contributed by atoms with van der Waals surface area (Å²) in [6, 6.07) is 0. The van der Waals surface area contributed by atoms with Crippen molar-refractivity contribution in [1.29, 1.82) is 0 Å². The molecule has 2 rings (SSSR count). The summed E-state index contributed by atoms with van der Waals surface area (Å²) in [6.45, 7) is 3.73. The van der Waals surface area contributed by atoms with Gasteiger partial charge in [-0.1, -0.05) is 0 Å². The molecular weight excluding hydrogens is 347 g/mol. The molecule has 0 spiro atoms. The highest BCUT2D eigenvalue weighted by atomic mass is 127. The second-order valence-corrected chi connectivity index (χ2v) is 5.10. The van der Waals surface area contributed by atoms with Crippen molar-refractivity contribution in [3.05, 3.63) is 31.2 Å². The van der Waals surface area contributed by atoms with E-state index in [2.05, 4.69) is 0 Å². The van der Waals surface area contributed by atoms with Crippen molar-refractivity contribution in [1.82, 2.24) is 0 Å². The molecule has 0 unspecified atom stereocenters. The van der Waals surface area contributed by atoms with Crippen molar-refractivity contribution in [3.8, 4) is 11.5 Å². The molecule has 1 aromatic heterocycles. The van der Waals surface area contributed by atoms with Crippen molar-refractivity contribution >= 4 is 33.6 Å². The Labute approximate surface area is 118 Å². The first-order valence-corrected chi connectivity index (χ1v) is 6.43. The molecule has 1 aromatic carbocycles. The third-order valence-corrected chi connectivity index (χ3v) is 3.69. The van der Waals surface area contributed by atoms with Gasteiger partial charge in [-0.2, -0.15) is 0 Å². The SMILES string of the molecule is COc1c(C)c(OC)c2c(=O)c(I)coc2c1C. The maximum atomic E-state index is 12.2. The van der Waals surface area contributed by atoms with Gasteiger partial charge in [-0.05, 0) is 36.4 Å². The Hall–Kier alpha value is -1.24. The number of methoxy groups -OCH3 is 2. The summed E-state index contributed by atoms with van der Waals surface area (Å²) in [7, 11) is 3.13. The molecule has 0 aliphatic heterocycles. The van der Waals surface area contributed by atoms with Crippen LogP contribution in [-0.2, 0) is 0 Å². The smallest absolute Gasteiger partial charge is 0.209 e. The standard InChI is InChI=1S/C13H13IO4/c1-6-11(16-3)7(2)13-9(12(6)17-4)10(15)8(14)5-18-13/h5H,1-4H3.